The largest absolute Gasteiger partial charge is 0.455 e. The first-order chi connectivity index (χ1) is 17.4. The minimum atomic E-state index is -0.436. The molecule has 0 aromatic heterocycles. The lowest BCUT2D eigenvalue weighted by Crippen LogP contribution is -2.33. The maximum Gasteiger partial charge on any atom is 0.323 e. The topological polar surface area (TPSA) is 82.7 Å². The molecule has 1 saturated heterocycles. The number of carbonyl (C=O) groups excluding carboxylic acids is 2. The summed E-state index contributed by atoms with van der Waals surface area (Å²) in [5.41, 5.74) is 3.75. The van der Waals surface area contributed by atoms with E-state index in [0.717, 1.165) is 35.2 Å². The zero-order valence-corrected chi connectivity index (χ0v) is 22.2. The number of nitrogens with one attached hydrogen (secondary N) is 3. The third-order valence-corrected chi connectivity index (χ3v) is 6.74. The first-order valence-electron chi connectivity index (χ1n) is 12.1. The van der Waals surface area contributed by atoms with Gasteiger partial charge in [-0.05, 0) is 106 Å². The number of nitrogens with zero attached hydrogens (tertiary/aromatic N) is 1. The van der Waals surface area contributed by atoms with E-state index in [-0.39, 0.29) is 5.91 Å². The number of hydrogen-bond donors (Lipinski definition) is 3. The lowest BCUT2D eigenvalue weighted by Gasteiger charge is -2.16. The first kappa shape index (κ1) is 25.7. The maximum atomic E-state index is 12.8. The standard InChI is InChI=1S/C28H31BrN4O3/c1-19-5-11-24(17-20(19)2)36-26-12-6-21(27(34)30-13-16-33-14-3-4-15-33)18-25(26)32-28(35)31-23-9-7-22(29)8-10-23/h5-12,17-18H,3-4,13-16H2,1-2H3,(H,30,34)(H2,31,32,35). The molecule has 3 N–H and O–H groups in total. The molecule has 1 aliphatic heterocycles. The Balaban J connectivity index is 1.50. The number of benzene rings is 3. The first-order valence-corrected chi connectivity index (χ1v) is 12.9. The Bertz CT molecular complexity index is 1220. The molecule has 1 fully saturated rings. The fourth-order valence-electron chi connectivity index (χ4n) is 4.02. The Morgan fingerprint density at radius 1 is 0.917 bits per heavy atom. The molecule has 1 heterocycles. The van der Waals surface area contributed by atoms with Crippen LogP contribution in [0.25, 0.3) is 0 Å². The maximum absolute atomic E-state index is 12.8. The third-order valence-electron chi connectivity index (χ3n) is 6.21. The van der Waals surface area contributed by atoms with Gasteiger partial charge in [-0.1, -0.05) is 22.0 Å². The smallest absolute Gasteiger partial charge is 0.323 e. The van der Waals surface area contributed by atoms with Crippen molar-refractivity contribution in [3.05, 3.63) is 81.8 Å². The van der Waals surface area contributed by atoms with Gasteiger partial charge in [0.15, 0.2) is 5.75 Å². The van der Waals surface area contributed by atoms with Crippen LogP contribution < -0.4 is 20.7 Å². The van der Waals surface area contributed by atoms with E-state index in [2.05, 4.69) is 36.8 Å². The molecule has 0 unspecified atom stereocenters. The summed E-state index contributed by atoms with van der Waals surface area (Å²) in [6, 6.07) is 17.7. The normalized spacial score (nSPS) is 13.3. The van der Waals surface area contributed by atoms with Crippen LogP contribution >= 0.6 is 15.9 Å². The number of amides is 3. The number of likely N-dealkylation sites (tertiary alicyclic amines) is 1. The summed E-state index contributed by atoms with van der Waals surface area (Å²) in [6.45, 7) is 7.63. The van der Waals surface area contributed by atoms with Crippen LogP contribution in [0.3, 0.4) is 0 Å². The van der Waals surface area contributed by atoms with Crippen LogP contribution in [0.4, 0.5) is 16.2 Å². The van der Waals surface area contributed by atoms with Crippen LogP contribution in [0.5, 0.6) is 11.5 Å². The summed E-state index contributed by atoms with van der Waals surface area (Å²) in [7, 11) is 0. The molecule has 8 heteroatoms. The van der Waals surface area contributed by atoms with E-state index in [4.69, 9.17) is 4.74 Å². The van der Waals surface area contributed by atoms with Gasteiger partial charge in [0.2, 0.25) is 0 Å². The van der Waals surface area contributed by atoms with Gasteiger partial charge in [0.05, 0.1) is 5.69 Å². The summed E-state index contributed by atoms with van der Waals surface area (Å²) in [6.07, 6.45) is 2.43. The van der Waals surface area contributed by atoms with E-state index >= 15 is 0 Å². The molecule has 3 amide bonds. The summed E-state index contributed by atoms with van der Waals surface area (Å²) in [5, 5.41) is 8.63. The van der Waals surface area contributed by atoms with Crippen LogP contribution in [-0.2, 0) is 0 Å². The van der Waals surface area contributed by atoms with Gasteiger partial charge in [-0.3, -0.25) is 4.79 Å². The second-order valence-corrected chi connectivity index (χ2v) is 9.87. The van der Waals surface area contributed by atoms with Crippen molar-refractivity contribution in [2.24, 2.45) is 0 Å². The zero-order valence-electron chi connectivity index (χ0n) is 20.6. The molecule has 0 radical (unpaired) electrons. The Morgan fingerprint density at radius 3 is 2.39 bits per heavy atom. The molecule has 1 aliphatic rings. The number of carbonyl (C=O) groups is 2. The summed E-state index contributed by atoms with van der Waals surface area (Å²) in [5.74, 6) is 0.901. The Kier molecular flexibility index (Phi) is 8.61. The monoisotopic (exact) mass is 550 g/mol. The van der Waals surface area contributed by atoms with E-state index in [1.807, 2.05) is 44.2 Å². The molecule has 0 atom stereocenters. The van der Waals surface area contributed by atoms with E-state index < -0.39 is 6.03 Å². The number of aryl methyl sites for hydroxylation is 2. The molecular formula is C28H31BrN4O3. The van der Waals surface area contributed by atoms with Crippen LogP contribution in [0.15, 0.2) is 65.1 Å². The van der Waals surface area contributed by atoms with E-state index in [0.29, 0.717) is 35.0 Å². The molecule has 4 rings (SSSR count). The second kappa shape index (κ2) is 12.1. The predicted molar refractivity (Wildman–Crippen MR) is 147 cm³/mol. The number of halogens is 1. The molecule has 3 aromatic carbocycles. The van der Waals surface area contributed by atoms with Crippen LogP contribution in [-0.4, -0.2) is 43.0 Å². The number of ether oxygens (including phenoxy) is 1. The highest BCUT2D eigenvalue weighted by Gasteiger charge is 2.16. The summed E-state index contributed by atoms with van der Waals surface area (Å²) < 4.78 is 7.03. The minimum Gasteiger partial charge on any atom is -0.455 e. The number of anilines is 2. The average Bonchev–Trinajstić information content (AvgIpc) is 3.37. The van der Waals surface area contributed by atoms with Crippen LogP contribution in [0, 0.1) is 13.8 Å². The zero-order chi connectivity index (χ0) is 25.5. The van der Waals surface area contributed by atoms with Gasteiger partial charge in [0.25, 0.3) is 5.91 Å². The van der Waals surface area contributed by atoms with Gasteiger partial charge in [-0.25, -0.2) is 4.79 Å². The molecule has 188 valence electrons. The SMILES string of the molecule is Cc1ccc(Oc2ccc(C(=O)NCCN3CCCC3)cc2NC(=O)Nc2ccc(Br)cc2)cc1C. The molecule has 0 aliphatic carbocycles. The van der Waals surface area contributed by atoms with Crippen molar-refractivity contribution in [1.29, 1.82) is 0 Å². The molecule has 7 nitrogen and oxygen atoms in total. The molecule has 36 heavy (non-hydrogen) atoms. The Labute approximate surface area is 220 Å². The van der Waals surface area contributed by atoms with Gasteiger partial charge in [-0.15, -0.1) is 0 Å². The van der Waals surface area contributed by atoms with Crippen molar-refractivity contribution in [2.45, 2.75) is 26.7 Å². The van der Waals surface area contributed by atoms with Crippen LogP contribution in [0.1, 0.15) is 34.3 Å². The summed E-state index contributed by atoms with van der Waals surface area (Å²) in [4.78, 5) is 28.0. The van der Waals surface area contributed by atoms with Crippen molar-refractivity contribution in [2.75, 3.05) is 36.8 Å². The second-order valence-electron chi connectivity index (χ2n) is 8.95. The van der Waals surface area contributed by atoms with Crippen molar-refractivity contribution in [1.82, 2.24) is 10.2 Å². The van der Waals surface area contributed by atoms with Crippen molar-refractivity contribution in [3.8, 4) is 11.5 Å². The highest BCUT2D eigenvalue weighted by atomic mass is 79.9. The van der Waals surface area contributed by atoms with E-state index in [1.54, 1.807) is 30.3 Å². The van der Waals surface area contributed by atoms with Crippen LogP contribution in [0.2, 0.25) is 0 Å². The molecular weight excluding hydrogens is 520 g/mol. The molecule has 0 bridgehead atoms. The minimum absolute atomic E-state index is 0.191. The Morgan fingerprint density at radius 2 is 1.67 bits per heavy atom. The molecule has 0 spiro atoms. The fraction of sp³-hybridized carbons (Fsp3) is 0.286. The number of urea groups is 1. The third kappa shape index (κ3) is 7.08. The van der Waals surface area contributed by atoms with Crippen molar-refractivity contribution < 1.29 is 14.3 Å². The number of hydrogen-bond acceptors (Lipinski definition) is 4. The molecule has 0 saturated carbocycles. The highest BCUT2D eigenvalue weighted by Crippen LogP contribution is 2.32. The van der Waals surface area contributed by atoms with E-state index in [9.17, 15) is 9.59 Å². The predicted octanol–water partition coefficient (Wildman–Crippen LogP) is 6.33. The van der Waals surface area contributed by atoms with Gasteiger partial charge in [0.1, 0.15) is 5.75 Å². The molecule has 3 aromatic rings. The van der Waals surface area contributed by atoms with Gasteiger partial charge >= 0.3 is 6.03 Å². The quantitative estimate of drug-likeness (QED) is 0.306. The summed E-state index contributed by atoms with van der Waals surface area (Å²) >= 11 is 3.39. The number of rotatable bonds is 8. The Hall–Kier alpha value is -3.36. The van der Waals surface area contributed by atoms with Gasteiger partial charge in [0, 0.05) is 28.8 Å². The highest BCUT2D eigenvalue weighted by molar-refractivity contribution is 9.10. The fourth-order valence-corrected chi connectivity index (χ4v) is 4.28. The van der Waals surface area contributed by atoms with Crippen molar-refractivity contribution >= 4 is 39.2 Å². The van der Waals surface area contributed by atoms with Gasteiger partial charge < -0.3 is 25.6 Å². The lowest BCUT2D eigenvalue weighted by atomic mass is 10.1. The van der Waals surface area contributed by atoms with Crippen molar-refractivity contribution in [3.63, 3.8) is 0 Å². The lowest BCUT2D eigenvalue weighted by molar-refractivity contribution is 0.0949. The average molecular weight is 551 g/mol. The van der Waals surface area contributed by atoms with Gasteiger partial charge in [-0.2, -0.15) is 0 Å². The van der Waals surface area contributed by atoms with E-state index in [1.165, 1.54) is 12.8 Å².